The van der Waals surface area contributed by atoms with Crippen LogP contribution in [0.4, 0.5) is 0 Å². The largest absolute Gasteiger partial charge is 0.330 e. The Balaban J connectivity index is 2.09. The van der Waals surface area contributed by atoms with Crippen molar-refractivity contribution in [1.82, 2.24) is 14.9 Å². The lowest BCUT2D eigenvalue weighted by atomic mass is 9.96. The van der Waals surface area contributed by atoms with Crippen LogP contribution in [0.3, 0.4) is 0 Å². The number of hydrogen-bond acceptors (Lipinski definition) is 2. The first kappa shape index (κ1) is 12.2. The number of nitrogens with zero attached hydrogens (tertiary/aromatic N) is 1. The highest BCUT2D eigenvalue weighted by molar-refractivity contribution is 5.44. The van der Waals surface area contributed by atoms with Gasteiger partial charge in [-0.3, -0.25) is 4.57 Å². The first-order valence-corrected chi connectivity index (χ1v) is 6.87. The molecule has 1 aromatic carbocycles. The molecule has 1 unspecified atom stereocenters. The van der Waals surface area contributed by atoms with Gasteiger partial charge in [-0.25, -0.2) is 4.79 Å². The summed E-state index contributed by atoms with van der Waals surface area (Å²) in [5, 5.41) is 3.55. The van der Waals surface area contributed by atoms with Gasteiger partial charge in [-0.15, -0.1) is 0 Å². The molecule has 4 heteroatoms. The molecule has 1 atom stereocenters. The summed E-state index contributed by atoms with van der Waals surface area (Å²) >= 11 is 0. The van der Waals surface area contributed by atoms with Crippen molar-refractivity contribution in [3.05, 3.63) is 52.2 Å². The molecule has 2 heterocycles. The second-order valence-corrected chi connectivity index (χ2v) is 5.13. The number of imidazole rings is 1. The zero-order valence-electron chi connectivity index (χ0n) is 11.1. The third-order valence-electron chi connectivity index (χ3n) is 3.82. The lowest BCUT2D eigenvalue weighted by molar-refractivity contribution is 0.411. The molecule has 0 radical (unpaired) electrons. The highest BCUT2D eigenvalue weighted by Gasteiger charge is 2.19. The number of rotatable bonds is 2. The Morgan fingerprint density at radius 1 is 1.26 bits per heavy atom. The fourth-order valence-corrected chi connectivity index (χ4v) is 2.86. The Morgan fingerprint density at radius 3 is 2.79 bits per heavy atom. The standard InChI is InChI=1S/C15H19N3O/c1-11-10-17-15(19)18(11)14-8-3-2-6-12(14)13-7-4-5-9-16-13/h2-3,6,8,10,13,16H,4-5,7,9H2,1H3,(H,17,19). The van der Waals surface area contributed by atoms with Crippen LogP contribution >= 0.6 is 0 Å². The van der Waals surface area contributed by atoms with E-state index < -0.39 is 0 Å². The minimum Gasteiger partial charge on any atom is -0.312 e. The van der Waals surface area contributed by atoms with Crippen LogP contribution in [0.5, 0.6) is 0 Å². The van der Waals surface area contributed by atoms with Crippen molar-refractivity contribution in [2.45, 2.75) is 32.2 Å². The summed E-state index contributed by atoms with van der Waals surface area (Å²) in [6.07, 6.45) is 5.37. The van der Waals surface area contributed by atoms with Crippen LogP contribution in [0.25, 0.3) is 5.69 Å². The summed E-state index contributed by atoms with van der Waals surface area (Å²) in [5.41, 5.74) is 3.08. The molecule has 1 aliphatic heterocycles. The minimum atomic E-state index is -0.0687. The maximum absolute atomic E-state index is 12.0. The Hall–Kier alpha value is -1.81. The number of aromatic amines is 1. The van der Waals surface area contributed by atoms with Crippen LogP contribution in [0, 0.1) is 6.92 Å². The number of hydrogen-bond donors (Lipinski definition) is 2. The molecule has 4 nitrogen and oxygen atoms in total. The third kappa shape index (κ3) is 2.24. The van der Waals surface area contributed by atoms with Gasteiger partial charge in [-0.1, -0.05) is 24.6 Å². The van der Waals surface area contributed by atoms with Gasteiger partial charge in [0.15, 0.2) is 0 Å². The predicted octanol–water partition coefficient (Wildman–Crippen LogP) is 2.29. The number of H-pyrrole nitrogens is 1. The fraction of sp³-hybridized carbons (Fsp3) is 0.400. The molecule has 1 aromatic heterocycles. The number of piperidine rings is 1. The lowest BCUT2D eigenvalue weighted by Crippen LogP contribution is -2.28. The van der Waals surface area contributed by atoms with E-state index in [9.17, 15) is 4.79 Å². The molecule has 0 saturated carbocycles. The predicted molar refractivity (Wildman–Crippen MR) is 75.7 cm³/mol. The van der Waals surface area contributed by atoms with Gasteiger partial charge in [-0.05, 0) is 37.9 Å². The van der Waals surface area contributed by atoms with Crippen molar-refractivity contribution in [3.63, 3.8) is 0 Å². The summed E-state index contributed by atoms with van der Waals surface area (Å²) < 4.78 is 1.76. The van der Waals surface area contributed by atoms with Crippen molar-refractivity contribution in [3.8, 4) is 5.69 Å². The molecule has 3 rings (SSSR count). The normalized spacial score (nSPS) is 19.5. The average Bonchev–Trinajstić information content (AvgIpc) is 2.79. The Morgan fingerprint density at radius 2 is 2.11 bits per heavy atom. The van der Waals surface area contributed by atoms with Crippen molar-refractivity contribution in [2.24, 2.45) is 0 Å². The summed E-state index contributed by atoms with van der Waals surface area (Å²) in [7, 11) is 0. The molecular formula is C15H19N3O. The van der Waals surface area contributed by atoms with Gasteiger partial charge in [0, 0.05) is 17.9 Å². The molecule has 0 bridgehead atoms. The molecule has 0 amide bonds. The average molecular weight is 257 g/mol. The van der Waals surface area contributed by atoms with E-state index >= 15 is 0 Å². The summed E-state index contributed by atoms with van der Waals surface area (Å²) in [4.78, 5) is 14.7. The second kappa shape index (κ2) is 5.05. The number of benzene rings is 1. The zero-order valence-corrected chi connectivity index (χ0v) is 11.1. The SMILES string of the molecule is Cc1c[nH]c(=O)n1-c1ccccc1C1CCCCN1. The highest BCUT2D eigenvalue weighted by atomic mass is 16.1. The van der Waals surface area contributed by atoms with Crippen LogP contribution in [0.1, 0.15) is 36.6 Å². The summed E-state index contributed by atoms with van der Waals surface area (Å²) in [6, 6.07) is 8.53. The van der Waals surface area contributed by atoms with Gasteiger partial charge < -0.3 is 10.3 Å². The van der Waals surface area contributed by atoms with Crippen LogP contribution in [-0.4, -0.2) is 16.1 Å². The highest BCUT2D eigenvalue weighted by Crippen LogP contribution is 2.27. The lowest BCUT2D eigenvalue weighted by Gasteiger charge is -2.26. The third-order valence-corrected chi connectivity index (χ3v) is 3.82. The van der Waals surface area contributed by atoms with E-state index in [-0.39, 0.29) is 5.69 Å². The molecule has 2 N–H and O–H groups in total. The van der Waals surface area contributed by atoms with E-state index in [1.54, 1.807) is 10.8 Å². The van der Waals surface area contributed by atoms with Crippen LogP contribution in [-0.2, 0) is 0 Å². The molecule has 1 aliphatic rings. The summed E-state index contributed by atoms with van der Waals surface area (Å²) in [6.45, 7) is 3.00. The molecular weight excluding hydrogens is 238 g/mol. The smallest absolute Gasteiger partial charge is 0.312 e. The topological polar surface area (TPSA) is 49.8 Å². The van der Waals surface area contributed by atoms with E-state index in [0.717, 1.165) is 24.3 Å². The van der Waals surface area contributed by atoms with E-state index in [4.69, 9.17) is 0 Å². The minimum absolute atomic E-state index is 0.0687. The zero-order chi connectivity index (χ0) is 13.2. The van der Waals surface area contributed by atoms with Gasteiger partial charge >= 0.3 is 5.69 Å². The van der Waals surface area contributed by atoms with Gasteiger partial charge in [0.25, 0.3) is 0 Å². The maximum Gasteiger partial charge on any atom is 0.330 e. The van der Waals surface area contributed by atoms with Crippen LogP contribution < -0.4 is 11.0 Å². The molecule has 1 fully saturated rings. The molecule has 1 saturated heterocycles. The monoisotopic (exact) mass is 257 g/mol. The van der Waals surface area contributed by atoms with Crippen molar-refractivity contribution < 1.29 is 0 Å². The molecule has 0 aliphatic carbocycles. The Kier molecular flexibility index (Phi) is 3.25. The summed E-state index contributed by atoms with van der Waals surface area (Å²) in [5.74, 6) is 0. The first-order chi connectivity index (χ1) is 9.27. The Labute approximate surface area is 112 Å². The number of nitrogens with one attached hydrogen (secondary N) is 2. The van der Waals surface area contributed by atoms with Crippen LogP contribution in [0.15, 0.2) is 35.3 Å². The molecule has 2 aromatic rings. The Bertz CT molecular complexity index is 620. The van der Waals surface area contributed by atoms with E-state index in [1.807, 2.05) is 25.1 Å². The molecule has 19 heavy (non-hydrogen) atoms. The number of aromatic nitrogens is 2. The number of para-hydroxylation sites is 1. The van der Waals surface area contributed by atoms with Crippen molar-refractivity contribution in [1.29, 1.82) is 0 Å². The maximum atomic E-state index is 12.0. The van der Waals surface area contributed by atoms with Crippen LogP contribution in [0.2, 0.25) is 0 Å². The van der Waals surface area contributed by atoms with Gasteiger partial charge in [-0.2, -0.15) is 0 Å². The van der Waals surface area contributed by atoms with E-state index in [1.165, 1.54) is 18.4 Å². The first-order valence-electron chi connectivity index (χ1n) is 6.87. The van der Waals surface area contributed by atoms with Gasteiger partial charge in [0.2, 0.25) is 0 Å². The van der Waals surface area contributed by atoms with Crippen molar-refractivity contribution in [2.75, 3.05) is 6.54 Å². The van der Waals surface area contributed by atoms with E-state index in [0.29, 0.717) is 6.04 Å². The second-order valence-electron chi connectivity index (χ2n) is 5.13. The van der Waals surface area contributed by atoms with Crippen molar-refractivity contribution >= 4 is 0 Å². The van der Waals surface area contributed by atoms with E-state index in [2.05, 4.69) is 16.4 Å². The number of aryl methyl sites for hydroxylation is 1. The molecule has 0 spiro atoms. The fourth-order valence-electron chi connectivity index (χ4n) is 2.86. The van der Waals surface area contributed by atoms with Gasteiger partial charge in [0.05, 0.1) is 5.69 Å². The van der Waals surface area contributed by atoms with Gasteiger partial charge in [0.1, 0.15) is 0 Å². The molecule has 100 valence electrons. The quantitative estimate of drug-likeness (QED) is 0.867.